The van der Waals surface area contributed by atoms with Crippen LogP contribution < -0.4 is 5.46 Å². The number of aromatic nitrogens is 1. The van der Waals surface area contributed by atoms with Crippen LogP contribution in [0.25, 0.3) is 27.5 Å². The number of halogens is 2. The van der Waals surface area contributed by atoms with Crippen molar-refractivity contribution >= 4 is 74.4 Å². The highest BCUT2D eigenvalue weighted by Crippen LogP contribution is 2.31. The molecule has 0 N–H and O–H groups in total. The lowest BCUT2D eigenvalue weighted by Crippen LogP contribution is -2.15. The summed E-state index contributed by atoms with van der Waals surface area (Å²) in [5.74, 6) is 0. The molecule has 106 valence electrons. The quantitative estimate of drug-likeness (QED) is 0.255. The van der Waals surface area contributed by atoms with Crippen LogP contribution in [-0.2, 0) is 0 Å². The Balaban J connectivity index is 2.14. The summed E-state index contributed by atoms with van der Waals surface area (Å²) < 4.78 is 2.84. The second-order valence-corrected chi connectivity index (χ2v) is 10.1. The molecule has 0 bridgehead atoms. The Bertz CT molecular complexity index is 961. The highest BCUT2D eigenvalue weighted by atomic mass is 127. The van der Waals surface area contributed by atoms with Crippen molar-refractivity contribution in [3.63, 3.8) is 0 Å². The van der Waals surface area contributed by atoms with Crippen LogP contribution in [0.1, 0.15) is 0 Å². The predicted molar refractivity (Wildman–Crippen MR) is 114 cm³/mol. The van der Waals surface area contributed by atoms with Crippen molar-refractivity contribution in [3.05, 3.63) is 72.8 Å². The van der Waals surface area contributed by atoms with Crippen molar-refractivity contribution in [1.82, 2.24) is 4.57 Å². The van der Waals surface area contributed by atoms with Gasteiger partial charge in [-0.25, -0.2) is 0 Å². The molecule has 4 rings (SSSR count). The highest BCUT2D eigenvalue weighted by molar-refractivity contribution is 14.3. The largest absolute Gasteiger partial charge is 0.320 e. The molecule has 0 saturated heterocycles. The molecule has 0 aliphatic carbocycles. The minimum Gasteiger partial charge on any atom is -0.309 e. The first-order valence-corrected chi connectivity index (χ1v) is 9.61. The second kappa shape index (κ2) is 5.89. The molecular weight excluding hydrogens is 495 g/mol. The number of hydrogen-bond acceptors (Lipinski definition) is 0. The van der Waals surface area contributed by atoms with Crippen molar-refractivity contribution in [1.29, 1.82) is 0 Å². The summed E-state index contributed by atoms with van der Waals surface area (Å²) in [6.45, 7) is 0. The van der Waals surface area contributed by atoms with Gasteiger partial charge >= 0.3 is 2.43 Å². The van der Waals surface area contributed by atoms with E-state index in [2.05, 4.69) is 122 Å². The van der Waals surface area contributed by atoms with E-state index in [1.165, 1.54) is 33.0 Å². The molecule has 0 fully saturated rings. The number of hydrogen-bond donors (Lipinski definition) is 0. The van der Waals surface area contributed by atoms with Gasteiger partial charge in [0.15, 0.2) is 0 Å². The van der Waals surface area contributed by atoms with E-state index < -0.39 is 0 Å². The Morgan fingerprint density at radius 1 is 0.682 bits per heavy atom. The molecule has 0 unspecified atom stereocenters. The van der Waals surface area contributed by atoms with Gasteiger partial charge in [0.1, 0.15) is 0 Å². The zero-order chi connectivity index (χ0) is 15.1. The number of para-hydroxylation sites is 2. The van der Waals surface area contributed by atoms with Gasteiger partial charge in [0, 0.05) is 16.5 Å². The summed E-state index contributed by atoms with van der Waals surface area (Å²) in [6, 6.07) is 26.1. The molecule has 4 aromatic rings. The van der Waals surface area contributed by atoms with E-state index in [1.807, 2.05) is 0 Å². The first-order chi connectivity index (χ1) is 10.8. The Kier molecular flexibility index (Phi) is 3.90. The van der Waals surface area contributed by atoms with Gasteiger partial charge in [-0.05, 0) is 24.3 Å². The minimum atomic E-state index is 0.485. The molecule has 0 radical (unpaired) electrons. The lowest BCUT2D eigenvalue weighted by Gasteiger charge is -2.07. The van der Waals surface area contributed by atoms with Gasteiger partial charge in [-0.1, -0.05) is 54.0 Å². The number of nitrogens with zero attached hydrogens (tertiary/aromatic N) is 1. The summed E-state index contributed by atoms with van der Waals surface area (Å²) >= 11 is 4.93. The van der Waals surface area contributed by atoms with Crippen molar-refractivity contribution in [2.24, 2.45) is 0 Å². The molecule has 4 heteroatoms. The van der Waals surface area contributed by atoms with Crippen LogP contribution in [0.3, 0.4) is 0 Å². The third kappa shape index (κ3) is 2.36. The van der Waals surface area contributed by atoms with Gasteiger partial charge in [-0.2, -0.15) is 0 Å². The molecule has 1 heterocycles. The van der Waals surface area contributed by atoms with E-state index in [-0.39, 0.29) is 0 Å². The zero-order valence-corrected chi connectivity index (χ0v) is 16.0. The average molecular weight is 507 g/mol. The average Bonchev–Trinajstić information content (AvgIpc) is 2.89. The van der Waals surface area contributed by atoms with Crippen LogP contribution in [0.2, 0.25) is 0 Å². The SMILES string of the molecule is IB(I)c1ccc2c(c1)c1ccccc1n2-c1ccccc1. The predicted octanol–water partition coefficient (Wildman–Crippen LogP) is 5.35. The molecule has 0 spiro atoms. The molecule has 0 saturated carbocycles. The van der Waals surface area contributed by atoms with Crippen LogP contribution in [0, 0.1) is 0 Å². The van der Waals surface area contributed by atoms with Gasteiger partial charge in [0.25, 0.3) is 0 Å². The first-order valence-electron chi connectivity index (χ1n) is 7.12. The summed E-state index contributed by atoms with van der Waals surface area (Å²) in [4.78, 5) is 0. The molecule has 1 aromatic heterocycles. The topological polar surface area (TPSA) is 4.93 Å². The normalized spacial score (nSPS) is 11.2. The molecule has 0 aliphatic rings. The number of benzene rings is 3. The summed E-state index contributed by atoms with van der Waals surface area (Å²) in [7, 11) is 0. The van der Waals surface area contributed by atoms with Crippen molar-refractivity contribution < 1.29 is 0 Å². The maximum absolute atomic E-state index is 2.46. The molecule has 1 nitrogen and oxygen atoms in total. The lowest BCUT2D eigenvalue weighted by molar-refractivity contribution is 1.18. The van der Waals surface area contributed by atoms with Gasteiger partial charge in [-0.15, -0.1) is 44.7 Å². The summed E-state index contributed by atoms with van der Waals surface area (Å²) in [5, 5.41) is 2.65. The minimum absolute atomic E-state index is 0.485. The van der Waals surface area contributed by atoms with Crippen LogP contribution >= 0.6 is 44.7 Å². The van der Waals surface area contributed by atoms with Gasteiger partial charge in [0.2, 0.25) is 0 Å². The Labute approximate surface area is 156 Å². The Morgan fingerprint density at radius 3 is 2.14 bits per heavy atom. The summed E-state index contributed by atoms with van der Waals surface area (Å²) in [5.41, 5.74) is 5.11. The van der Waals surface area contributed by atoms with Gasteiger partial charge in [0.05, 0.1) is 11.0 Å². The van der Waals surface area contributed by atoms with Crippen LogP contribution in [0.5, 0.6) is 0 Å². The van der Waals surface area contributed by atoms with Crippen LogP contribution in [0.15, 0.2) is 72.8 Å². The molecule has 0 aliphatic heterocycles. The lowest BCUT2D eigenvalue weighted by atomic mass is 9.94. The van der Waals surface area contributed by atoms with E-state index in [1.54, 1.807) is 0 Å². The third-order valence-electron chi connectivity index (χ3n) is 3.96. The Morgan fingerprint density at radius 2 is 1.36 bits per heavy atom. The fourth-order valence-corrected chi connectivity index (χ4v) is 3.76. The van der Waals surface area contributed by atoms with Crippen LogP contribution in [-0.4, -0.2) is 6.99 Å². The summed E-state index contributed by atoms with van der Waals surface area (Å²) in [6.07, 6.45) is 0. The van der Waals surface area contributed by atoms with Crippen molar-refractivity contribution in [2.75, 3.05) is 0 Å². The van der Waals surface area contributed by atoms with Gasteiger partial charge in [-0.3, -0.25) is 0 Å². The van der Waals surface area contributed by atoms with Gasteiger partial charge < -0.3 is 4.57 Å². The standard InChI is InChI=1S/C18H12BI2N/c20-19(21)13-10-11-18-16(12-13)15-8-4-5-9-17(15)22(18)14-6-2-1-3-7-14/h1-12H. The zero-order valence-electron chi connectivity index (χ0n) is 11.7. The van der Waals surface area contributed by atoms with E-state index in [9.17, 15) is 0 Å². The van der Waals surface area contributed by atoms with Crippen LogP contribution in [0.4, 0.5) is 0 Å². The fraction of sp³-hybridized carbons (Fsp3) is 0. The monoisotopic (exact) mass is 507 g/mol. The molecule has 22 heavy (non-hydrogen) atoms. The fourth-order valence-electron chi connectivity index (χ4n) is 2.98. The number of rotatable bonds is 2. The van der Waals surface area contributed by atoms with Crippen molar-refractivity contribution in [2.45, 2.75) is 0 Å². The Hall–Kier alpha value is -1.02. The second-order valence-electron chi connectivity index (χ2n) is 5.27. The molecule has 0 amide bonds. The van der Waals surface area contributed by atoms with E-state index in [0.29, 0.717) is 2.43 Å². The third-order valence-corrected chi connectivity index (χ3v) is 5.40. The van der Waals surface area contributed by atoms with Crippen molar-refractivity contribution in [3.8, 4) is 5.69 Å². The van der Waals surface area contributed by atoms with E-state index >= 15 is 0 Å². The van der Waals surface area contributed by atoms with E-state index in [0.717, 1.165) is 0 Å². The molecular formula is C18H12BI2N. The molecule has 0 atom stereocenters. The maximum Gasteiger partial charge on any atom is 0.320 e. The maximum atomic E-state index is 2.46. The molecule has 3 aromatic carbocycles. The highest BCUT2D eigenvalue weighted by Gasteiger charge is 2.14. The smallest absolute Gasteiger partial charge is 0.309 e. The first kappa shape index (κ1) is 14.6. The van der Waals surface area contributed by atoms with E-state index in [4.69, 9.17) is 0 Å². The number of fused-ring (bicyclic) bond motifs is 3.